The first-order chi connectivity index (χ1) is 10.0. The van der Waals surface area contributed by atoms with E-state index >= 15 is 0 Å². The van der Waals surface area contributed by atoms with Crippen LogP contribution in [0.15, 0.2) is 33.2 Å². The monoisotopic (exact) mass is 353 g/mol. The molecule has 0 aliphatic carbocycles. The van der Waals surface area contributed by atoms with Gasteiger partial charge >= 0.3 is 0 Å². The summed E-state index contributed by atoms with van der Waals surface area (Å²) in [5, 5.41) is 3.55. The predicted octanol–water partition coefficient (Wildman–Crippen LogP) is 5.08. The largest absolute Gasteiger partial charge is 0.466 e. The molecular formula is C17H21BrFNO. The zero-order chi connectivity index (χ0) is 15.4. The molecule has 2 rings (SSSR count). The highest BCUT2D eigenvalue weighted by Gasteiger charge is 2.17. The van der Waals surface area contributed by atoms with Crippen LogP contribution in [-0.4, -0.2) is 6.54 Å². The van der Waals surface area contributed by atoms with E-state index in [4.69, 9.17) is 4.42 Å². The molecule has 1 N–H and O–H groups in total. The van der Waals surface area contributed by atoms with E-state index in [0.717, 1.165) is 36.5 Å². The number of aryl methyl sites for hydroxylation is 2. The molecule has 0 saturated heterocycles. The topological polar surface area (TPSA) is 25.2 Å². The van der Waals surface area contributed by atoms with Gasteiger partial charge in [0.25, 0.3) is 0 Å². The summed E-state index contributed by atoms with van der Waals surface area (Å²) >= 11 is 3.25. The molecule has 0 spiro atoms. The van der Waals surface area contributed by atoms with Crippen LogP contribution in [0.5, 0.6) is 0 Å². The summed E-state index contributed by atoms with van der Waals surface area (Å²) in [5.74, 6) is 1.64. The summed E-state index contributed by atoms with van der Waals surface area (Å²) < 4.78 is 19.5. The highest BCUT2D eigenvalue weighted by molar-refractivity contribution is 9.10. The normalized spacial score (nSPS) is 12.6. The molecule has 0 fully saturated rings. The van der Waals surface area contributed by atoms with Crippen molar-refractivity contribution in [2.24, 2.45) is 0 Å². The van der Waals surface area contributed by atoms with Gasteiger partial charge in [-0.05, 0) is 72.9 Å². The molecule has 1 aromatic heterocycles. The summed E-state index contributed by atoms with van der Waals surface area (Å²) in [6, 6.07) is 7.45. The van der Waals surface area contributed by atoms with Crippen molar-refractivity contribution in [3.63, 3.8) is 0 Å². The average Bonchev–Trinajstić information content (AvgIpc) is 2.77. The summed E-state index contributed by atoms with van der Waals surface area (Å²) in [7, 11) is 0. The summed E-state index contributed by atoms with van der Waals surface area (Å²) in [6.45, 7) is 7.04. The minimum Gasteiger partial charge on any atom is -0.466 e. The van der Waals surface area contributed by atoms with Crippen molar-refractivity contribution >= 4 is 15.9 Å². The zero-order valence-corrected chi connectivity index (χ0v) is 14.3. The molecule has 0 radical (unpaired) electrons. The Bertz CT molecular complexity index is 609. The molecule has 0 bridgehead atoms. The third kappa shape index (κ3) is 4.17. The van der Waals surface area contributed by atoms with Gasteiger partial charge in [0.2, 0.25) is 0 Å². The lowest BCUT2D eigenvalue weighted by molar-refractivity contribution is 0.480. The first kappa shape index (κ1) is 16.2. The molecule has 1 aromatic carbocycles. The van der Waals surface area contributed by atoms with E-state index in [9.17, 15) is 4.39 Å². The fourth-order valence-electron chi connectivity index (χ4n) is 2.51. The van der Waals surface area contributed by atoms with Crippen LogP contribution < -0.4 is 5.32 Å². The van der Waals surface area contributed by atoms with Crippen LogP contribution in [0.25, 0.3) is 0 Å². The van der Waals surface area contributed by atoms with E-state index in [1.165, 1.54) is 11.6 Å². The van der Waals surface area contributed by atoms with E-state index in [0.29, 0.717) is 4.47 Å². The van der Waals surface area contributed by atoms with Gasteiger partial charge in [-0.2, -0.15) is 0 Å². The van der Waals surface area contributed by atoms with Gasteiger partial charge in [-0.1, -0.05) is 13.0 Å². The standard InChI is InChI=1S/C17H21BrFNO/c1-4-7-20-17(14-8-11(2)21-12(14)3)10-13-5-6-16(19)15(18)9-13/h5-6,8-9,17,20H,4,7,10H2,1-3H3. The van der Waals surface area contributed by atoms with Crippen LogP contribution in [0, 0.1) is 19.7 Å². The van der Waals surface area contributed by atoms with Gasteiger partial charge in [-0.3, -0.25) is 0 Å². The number of furan rings is 1. The van der Waals surface area contributed by atoms with E-state index < -0.39 is 0 Å². The summed E-state index contributed by atoms with van der Waals surface area (Å²) in [4.78, 5) is 0. The smallest absolute Gasteiger partial charge is 0.137 e. The lowest BCUT2D eigenvalue weighted by Crippen LogP contribution is -2.24. The summed E-state index contributed by atoms with van der Waals surface area (Å²) in [6.07, 6.45) is 1.87. The van der Waals surface area contributed by atoms with Gasteiger partial charge in [0.1, 0.15) is 17.3 Å². The first-order valence-corrected chi connectivity index (χ1v) is 8.04. The Kier molecular flexibility index (Phi) is 5.59. The van der Waals surface area contributed by atoms with Gasteiger partial charge in [0.05, 0.1) is 4.47 Å². The maximum absolute atomic E-state index is 13.4. The second kappa shape index (κ2) is 7.23. The quantitative estimate of drug-likeness (QED) is 0.782. The van der Waals surface area contributed by atoms with Gasteiger partial charge in [-0.25, -0.2) is 4.39 Å². The highest BCUT2D eigenvalue weighted by Crippen LogP contribution is 2.26. The maximum atomic E-state index is 13.4. The van der Waals surface area contributed by atoms with Crippen molar-refractivity contribution in [3.8, 4) is 0 Å². The van der Waals surface area contributed by atoms with E-state index in [1.54, 1.807) is 0 Å². The molecule has 1 heterocycles. The molecule has 4 heteroatoms. The molecule has 0 aliphatic heterocycles. The van der Waals surface area contributed by atoms with E-state index in [2.05, 4.69) is 34.2 Å². The van der Waals surface area contributed by atoms with E-state index in [-0.39, 0.29) is 11.9 Å². The van der Waals surface area contributed by atoms with Crippen LogP contribution in [-0.2, 0) is 6.42 Å². The van der Waals surface area contributed by atoms with Crippen LogP contribution in [0.2, 0.25) is 0 Å². The van der Waals surface area contributed by atoms with Crippen LogP contribution in [0.3, 0.4) is 0 Å². The Morgan fingerprint density at radius 1 is 1.29 bits per heavy atom. The van der Waals surface area contributed by atoms with Gasteiger partial charge in [0.15, 0.2) is 0 Å². The van der Waals surface area contributed by atoms with Crippen molar-refractivity contribution in [2.75, 3.05) is 6.54 Å². The zero-order valence-electron chi connectivity index (χ0n) is 12.7. The van der Waals surface area contributed by atoms with Crippen molar-refractivity contribution in [2.45, 2.75) is 39.7 Å². The fraction of sp³-hybridized carbons (Fsp3) is 0.412. The molecule has 1 atom stereocenters. The molecule has 0 amide bonds. The number of rotatable bonds is 6. The van der Waals surface area contributed by atoms with E-state index in [1.807, 2.05) is 26.0 Å². The van der Waals surface area contributed by atoms with Crippen LogP contribution in [0.4, 0.5) is 4.39 Å². The molecule has 2 aromatic rings. The Balaban J connectivity index is 2.23. The molecular weight excluding hydrogens is 333 g/mol. The molecule has 0 saturated carbocycles. The third-order valence-electron chi connectivity index (χ3n) is 3.52. The number of nitrogens with one attached hydrogen (secondary N) is 1. The second-order valence-electron chi connectivity index (χ2n) is 5.33. The van der Waals surface area contributed by atoms with Crippen molar-refractivity contribution in [1.82, 2.24) is 5.32 Å². The van der Waals surface area contributed by atoms with Crippen molar-refractivity contribution in [1.29, 1.82) is 0 Å². The molecule has 0 aliphatic rings. The predicted molar refractivity (Wildman–Crippen MR) is 87.0 cm³/mol. The number of benzene rings is 1. The van der Waals surface area contributed by atoms with Crippen molar-refractivity contribution in [3.05, 3.63) is 57.2 Å². The van der Waals surface area contributed by atoms with Crippen molar-refractivity contribution < 1.29 is 8.81 Å². The van der Waals surface area contributed by atoms with Crippen LogP contribution >= 0.6 is 15.9 Å². The first-order valence-electron chi connectivity index (χ1n) is 7.25. The molecule has 2 nitrogen and oxygen atoms in total. The van der Waals surface area contributed by atoms with Gasteiger partial charge in [0, 0.05) is 11.6 Å². The maximum Gasteiger partial charge on any atom is 0.137 e. The lowest BCUT2D eigenvalue weighted by atomic mass is 9.99. The highest BCUT2D eigenvalue weighted by atomic mass is 79.9. The SMILES string of the molecule is CCCNC(Cc1ccc(F)c(Br)c1)c1cc(C)oc1C. The lowest BCUT2D eigenvalue weighted by Gasteiger charge is -2.18. The molecule has 114 valence electrons. The number of hydrogen-bond acceptors (Lipinski definition) is 2. The van der Waals surface area contributed by atoms with Crippen LogP contribution in [0.1, 0.15) is 42.0 Å². The Hall–Kier alpha value is -1.13. The third-order valence-corrected chi connectivity index (χ3v) is 4.13. The average molecular weight is 354 g/mol. The second-order valence-corrected chi connectivity index (χ2v) is 6.18. The Morgan fingerprint density at radius 2 is 2.05 bits per heavy atom. The van der Waals surface area contributed by atoms with Gasteiger partial charge in [-0.15, -0.1) is 0 Å². The Morgan fingerprint density at radius 3 is 2.62 bits per heavy atom. The summed E-state index contributed by atoms with van der Waals surface area (Å²) in [5.41, 5.74) is 2.27. The number of halogens is 2. The Labute approximate surface area is 133 Å². The fourth-order valence-corrected chi connectivity index (χ4v) is 2.94. The molecule has 21 heavy (non-hydrogen) atoms. The minimum atomic E-state index is -0.229. The number of hydrogen-bond donors (Lipinski definition) is 1. The minimum absolute atomic E-state index is 0.180. The molecule has 1 unspecified atom stereocenters. The van der Waals surface area contributed by atoms with Gasteiger partial charge < -0.3 is 9.73 Å².